The number of ether oxygens (including phenoxy) is 1. The van der Waals surface area contributed by atoms with Crippen LogP contribution in [-0.2, 0) is 4.74 Å². The number of rotatable bonds is 2. The monoisotopic (exact) mass is 293 g/mol. The minimum absolute atomic E-state index is 0.630. The molecule has 0 unspecified atom stereocenters. The molecule has 0 N–H and O–H groups in total. The van der Waals surface area contributed by atoms with Crippen LogP contribution in [0.15, 0.2) is 26.1 Å². The zero-order valence-corrected chi connectivity index (χ0v) is 11.4. The van der Waals surface area contributed by atoms with Gasteiger partial charge in [-0.3, -0.25) is 4.99 Å². The molecule has 0 amide bonds. The molecule has 0 bridgehead atoms. The average Bonchev–Trinajstić information content (AvgIpc) is 2.29. The van der Waals surface area contributed by atoms with E-state index < -0.39 is 0 Å². The van der Waals surface area contributed by atoms with E-state index in [0.29, 0.717) is 13.2 Å². The SMILES string of the molecule is C=C(C)SC1=C(Br)OCCN=C1SC. The Bertz CT molecular complexity index is 299. The minimum atomic E-state index is 0.630. The van der Waals surface area contributed by atoms with E-state index in [0.717, 1.165) is 19.5 Å². The van der Waals surface area contributed by atoms with E-state index in [2.05, 4.69) is 27.5 Å². The molecule has 1 aliphatic heterocycles. The second kappa shape index (κ2) is 5.88. The summed E-state index contributed by atoms with van der Waals surface area (Å²) in [6.07, 6.45) is 2.02. The molecule has 5 heteroatoms. The number of nitrogens with zero attached hydrogens (tertiary/aromatic N) is 1. The van der Waals surface area contributed by atoms with Gasteiger partial charge in [0.15, 0.2) is 4.67 Å². The first kappa shape index (κ1) is 12.2. The first-order chi connectivity index (χ1) is 6.65. The lowest BCUT2D eigenvalue weighted by Gasteiger charge is -2.08. The number of aliphatic imine (C=N–C) groups is 1. The molecule has 0 aromatic heterocycles. The van der Waals surface area contributed by atoms with Crippen LogP contribution in [0.25, 0.3) is 0 Å². The number of thioether (sulfide) groups is 2. The van der Waals surface area contributed by atoms with Crippen LogP contribution in [0, 0.1) is 0 Å². The van der Waals surface area contributed by atoms with Crippen molar-refractivity contribution in [3.8, 4) is 0 Å². The Balaban J connectivity index is 2.94. The van der Waals surface area contributed by atoms with E-state index in [-0.39, 0.29) is 0 Å². The summed E-state index contributed by atoms with van der Waals surface area (Å²) in [4.78, 5) is 6.49. The van der Waals surface area contributed by atoms with E-state index in [4.69, 9.17) is 4.74 Å². The molecule has 0 aromatic rings. The van der Waals surface area contributed by atoms with Crippen molar-refractivity contribution in [1.82, 2.24) is 0 Å². The summed E-state index contributed by atoms with van der Waals surface area (Å²) in [6, 6.07) is 0. The Labute approximate surface area is 101 Å². The fourth-order valence-corrected chi connectivity index (χ4v) is 3.16. The first-order valence-corrected chi connectivity index (χ1v) is 6.93. The lowest BCUT2D eigenvalue weighted by Crippen LogP contribution is -1.95. The van der Waals surface area contributed by atoms with Crippen molar-refractivity contribution in [2.75, 3.05) is 19.4 Å². The van der Waals surface area contributed by atoms with Gasteiger partial charge in [-0.15, -0.1) is 11.8 Å². The van der Waals surface area contributed by atoms with Gasteiger partial charge in [-0.05, 0) is 34.0 Å². The summed E-state index contributed by atoms with van der Waals surface area (Å²) >= 11 is 6.64. The lowest BCUT2D eigenvalue weighted by molar-refractivity contribution is 0.253. The molecule has 1 aliphatic rings. The Hall–Kier alpha value is 0.130. The minimum Gasteiger partial charge on any atom is -0.484 e. The Morgan fingerprint density at radius 3 is 2.93 bits per heavy atom. The van der Waals surface area contributed by atoms with Crippen molar-refractivity contribution in [2.24, 2.45) is 4.99 Å². The summed E-state index contributed by atoms with van der Waals surface area (Å²) in [5.41, 5.74) is 0. The molecule has 1 heterocycles. The van der Waals surface area contributed by atoms with Gasteiger partial charge in [-0.1, -0.05) is 18.3 Å². The maximum atomic E-state index is 5.45. The number of halogens is 1. The van der Waals surface area contributed by atoms with Gasteiger partial charge >= 0.3 is 0 Å². The predicted molar refractivity (Wildman–Crippen MR) is 70.1 cm³/mol. The first-order valence-electron chi connectivity index (χ1n) is 4.10. The van der Waals surface area contributed by atoms with E-state index >= 15 is 0 Å². The van der Waals surface area contributed by atoms with Crippen LogP contribution in [-0.4, -0.2) is 24.5 Å². The molecule has 78 valence electrons. The van der Waals surface area contributed by atoms with Gasteiger partial charge in [0, 0.05) is 0 Å². The number of allylic oxidation sites excluding steroid dienone is 1. The van der Waals surface area contributed by atoms with E-state index in [1.165, 1.54) is 0 Å². The lowest BCUT2D eigenvalue weighted by atomic mass is 10.6. The summed E-state index contributed by atoms with van der Waals surface area (Å²) < 4.78 is 6.23. The van der Waals surface area contributed by atoms with Gasteiger partial charge in [0.2, 0.25) is 0 Å². The van der Waals surface area contributed by atoms with Crippen LogP contribution in [0.2, 0.25) is 0 Å². The average molecular weight is 294 g/mol. The summed E-state index contributed by atoms with van der Waals surface area (Å²) in [7, 11) is 0. The third-order valence-electron chi connectivity index (χ3n) is 1.42. The largest absolute Gasteiger partial charge is 0.484 e. The third-order valence-corrected chi connectivity index (χ3v) is 4.09. The molecule has 0 aromatic carbocycles. The number of hydrogen-bond donors (Lipinski definition) is 0. The predicted octanol–water partition coefficient (Wildman–Crippen LogP) is 3.61. The highest BCUT2D eigenvalue weighted by Gasteiger charge is 2.16. The van der Waals surface area contributed by atoms with Crippen molar-refractivity contribution in [3.63, 3.8) is 0 Å². The van der Waals surface area contributed by atoms with Gasteiger partial charge in [0.1, 0.15) is 11.7 Å². The van der Waals surface area contributed by atoms with E-state index in [1.807, 2.05) is 13.2 Å². The van der Waals surface area contributed by atoms with Crippen molar-refractivity contribution in [2.45, 2.75) is 6.92 Å². The highest BCUT2D eigenvalue weighted by molar-refractivity contribution is 9.11. The highest BCUT2D eigenvalue weighted by Crippen LogP contribution is 2.34. The topological polar surface area (TPSA) is 21.6 Å². The van der Waals surface area contributed by atoms with Crippen LogP contribution in [0.5, 0.6) is 0 Å². The smallest absolute Gasteiger partial charge is 0.178 e. The van der Waals surface area contributed by atoms with E-state index in [9.17, 15) is 0 Å². The van der Waals surface area contributed by atoms with Crippen LogP contribution in [0.4, 0.5) is 0 Å². The molecule has 0 atom stereocenters. The fourth-order valence-electron chi connectivity index (χ4n) is 0.919. The van der Waals surface area contributed by atoms with Crippen LogP contribution < -0.4 is 0 Å². The molecule has 0 aliphatic carbocycles. The summed E-state index contributed by atoms with van der Waals surface area (Å²) in [5.74, 6) is 0. The maximum absolute atomic E-state index is 5.45. The summed E-state index contributed by atoms with van der Waals surface area (Å²) in [5, 5.41) is 1.02. The summed E-state index contributed by atoms with van der Waals surface area (Å²) in [6.45, 7) is 7.19. The quantitative estimate of drug-likeness (QED) is 0.776. The van der Waals surface area contributed by atoms with E-state index in [1.54, 1.807) is 23.5 Å². The van der Waals surface area contributed by atoms with Crippen LogP contribution in [0.3, 0.4) is 0 Å². The molecule has 0 radical (unpaired) electrons. The Morgan fingerprint density at radius 2 is 2.36 bits per heavy atom. The number of hydrogen-bond acceptors (Lipinski definition) is 4. The van der Waals surface area contributed by atoms with Gasteiger partial charge in [-0.25, -0.2) is 0 Å². The Morgan fingerprint density at radius 1 is 1.64 bits per heavy atom. The standard InChI is InChI=1S/C9H12BrNOS2/c1-6(2)14-7-8(10)12-5-4-11-9(7)13-3/h1,4-5H2,2-3H3. The normalized spacial score (nSPS) is 17.2. The van der Waals surface area contributed by atoms with Crippen molar-refractivity contribution >= 4 is 44.5 Å². The molecule has 0 spiro atoms. The molecule has 0 fully saturated rings. The zero-order valence-electron chi connectivity index (χ0n) is 8.17. The third kappa shape index (κ3) is 3.37. The van der Waals surface area contributed by atoms with Gasteiger partial charge in [-0.2, -0.15) is 0 Å². The zero-order chi connectivity index (χ0) is 10.6. The highest BCUT2D eigenvalue weighted by atomic mass is 79.9. The van der Waals surface area contributed by atoms with Crippen molar-refractivity contribution in [1.29, 1.82) is 0 Å². The van der Waals surface area contributed by atoms with Crippen molar-refractivity contribution < 1.29 is 4.74 Å². The van der Waals surface area contributed by atoms with Gasteiger partial charge in [0.05, 0.1) is 11.4 Å². The molecule has 0 saturated heterocycles. The molecular formula is C9H12BrNOS2. The second-order valence-corrected chi connectivity index (χ2v) is 5.47. The van der Waals surface area contributed by atoms with Crippen molar-refractivity contribution in [3.05, 3.63) is 21.1 Å². The van der Waals surface area contributed by atoms with Gasteiger partial charge in [0.25, 0.3) is 0 Å². The van der Waals surface area contributed by atoms with Gasteiger partial charge < -0.3 is 4.74 Å². The molecule has 2 nitrogen and oxygen atoms in total. The molecule has 0 saturated carbocycles. The van der Waals surface area contributed by atoms with Crippen LogP contribution >= 0.6 is 39.5 Å². The second-order valence-electron chi connectivity index (χ2n) is 2.65. The fraction of sp³-hybridized carbons (Fsp3) is 0.444. The Kier molecular flexibility index (Phi) is 5.12. The van der Waals surface area contributed by atoms with Crippen LogP contribution in [0.1, 0.15) is 6.92 Å². The maximum Gasteiger partial charge on any atom is 0.178 e. The molecular weight excluding hydrogens is 282 g/mol. The molecule has 14 heavy (non-hydrogen) atoms. The molecule has 1 rings (SSSR count).